The highest BCUT2D eigenvalue weighted by Crippen LogP contribution is 2.21. The number of anilines is 1. The molecule has 0 saturated carbocycles. The fourth-order valence-corrected chi connectivity index (χ4v) is 2.01. The van der Waals surface area contributed by atoms with E-state index in [0.29, 0.717) is 6.04 Å². The molecule has 1 aliphatic heterocycles. The molecule has 1 atom stereocenters. The second kappa shape index (κ2) is 2.79. The van der Waals surface area contributed by atoms with Gasteiger partial charge in [-0.1, -0.05) is 0 Å². The third-order valence-electron chi connectivity index (χ3n) is 1.91. The van der Waals surface area contributed by atoms with Gasteiger partial charge in [-0.05, 0) is 6.42 Å². The predicted octanol–water partition coefficient (Wildman–Crippen LogP) is 0.680. The zero-order chi connectivity index (χ0) is 7.68. The molecule has 1 aliphatic rings. The number of hydrogen-bond acceptors (Lipinski definition) is 4. The minimum absolute atomic E-state index is 0.346. The van der Waals surface area contributed by atoms with E-state index in [-0.39, 0.29) is 0 Å². The van der Waals surface area contributed by atoms with Gasteiger partial charge >= 0.3 is 0 Å². The lowest BCUT2D eigenvalue weighted by Gasteiger charge is -2.12. The van der Waals surface area contributed by atoms with Gasteiger partial charge in [-0.15, -0.1) is 11.3 Å². The topological polar surface area (TPSA) is 42.1 Å². The van der Waals surface area contributed by atoms with Crippen LogP contribution in [0.1, 0.15) is 6.42 Å². The van der Waals surface area contributed by atoms with E-state index in [1.54, 1.807) is 11.3 Å². The summed E-state index contributed by atoms with van der Waals surface area (Å²) >= 11 is 1.68. The van der Waals surface area contributed by atoms with Crippen molar-refractivity contribution in [3.8, 4) is 0 Å². The van der Waals surface area contributed by atoms with Crippen molar-refractivity contribution in [3.05, 3.63) is 11.6 Å². The molecule has 11 heavy (non-hydrogen) atoms. The van der Waals surface area contributed by atoms with E-state index >= 15 is 0 Å². The van der Waals surface area contributed by atoms with Crippen molar-refractivity contribution in [2.24, 2.45) is 5.73 Å². The van der Waals surface area contributed by atoms with Crippen LogP contribution in [0.5, 0.6) is 0 Å². The first-order valence-electron chi connectivity index (χ1n) is 3.76. The SMILES string of the molecule is N[C@H]1CCN(c2nccs2)C1. The Labute approximate surface area is 69.8 Å². The molecule has 3 nitrogen and oxygen atoms in total. The van der Waals surface area contributed by atoms with Crippen molar-refractivity contribution in [1.29, 1.82) is 0 Å². The Morgan fingerprint density at radius 3 is 3.18 bits per heavy atom. The van der Waals surface area contributed by atoms with Gasteiger partial charge in [0.15, 0.2) is 5.13 Å². The average Bonchev–Trinajstić information content (AvgIpc) is 2.55. The van der Waals surface area contributed by atoms with Crippen LogP contribution in [-0.4, -0.2) is 24.1 Å². The van der Waals surface area contributed by atoms with E-state index in [1.807, 2.05) is 11.6 Å². The Balaban J connectivity index is 2.08. The van der Waals surface area contributed by atoms with Gasteiger partial charge in [0.2, 0.25) is 0 Å². The zero-order valence-corrected chi connectivity index (χ0v) is 7.05. The van der Waals surface area contributed by atoms with Crippen LogP contribution in [0.4, 0.5) is 5.13 Å². The Morgan fingerprint density at radius 1 is 1.73 bits per heavy atom. The van der Waals surface area contributed by atoms with E-state index in [0.717, 1.165) is 24.6 Å². The maximum atomic E-state index is 5.77. The fraction of sp³-hybridized carbons (Fsp3) is 0.571. The molecule has 0 radical (unpaired) electrons. The minimum atomic E-state index is 0.346. The molecule has 4 heteroatoms. The van der Waals surface area contributed by atoms with E-state index < -0.39 is 0 Å². The lowest BCUT2D eigenvalue weighted by atomic mass is 10.3. The molecular weight excluding hydrogens is 158 g/mol. The molecule has 0 bridgehead atoms. The molecule has 0 amide bonds. The molecule has 0 unspecified atom stereocenters. The fourth-order valence-electron chi connectivity index (χ4n) is 1.33. The van der Waals surface area contributed by atoms with E-state index in [4.69, 9.17) is 5.73 Å². The first-order chi connectivity index (χ1) is 5.36. The maximum Gasteiger partial charge on any atom is 0.185 e. The Bertz CT molecular complexity index is 222. The van der Waals surface area contributed by atoms with Gasteiger partial charge in [0.1, 0.15) is 0 Å². The summed E-state index contributed by atoms with van der Waals surface area (Å²) in [7, 11) is 0. The van der Waals surface area contributed by atoms with Gasteiger partial charge in [0.25, 0.3) is 0 Å². The standard InChI is InChI=1S/C7H11N3S/c8-6-1-3-10(5-6)7-9-2-4-11-7/h2,4,6H,1,3,5,8H2/t6-/m0/s1. The molecule has 1 fully saturated rings. The number of nitrogens with two attached hydrogens (primary N) is 1. The summed E-state index contributed by atoms with van der Waals surface area (Å²) in [6.07, 6.45) is 2.93. The molecule has 2 rings (SSSR count). The molecule has 2 heterocycles. The lowest BCUT2D eigenvalue weighted by Crippen LogP contribution is -2.26. The van der Waals surface area contributed by atoms with Crippen molar-refractivity contribution in [2.45, 2.75) is 12.5 Å². The summed E-state index contributed by atoms with van der Waals surface area (Å²) in [6.45, 7) is 2.03. The molecule has 0 aliphatic carbocycles. The smallest absolute Gasteiger partial charge is 0.185 e. The summed E-state index contributed by atoms with van der Waals surface area (Å²) in [4.78, 5) is 6.47. The highest BCUT2D eigenvalue weighted by atomic mass is 32.1. The van der Waals surface area contributed by atoms with Crippen LogP contribution in [0, 0.1) is 0 Å². The van der Waals surface area contributed by atoms with Crippen molar-refractivity contribution in [3.63, 3.8) is 0 Å². The molecule has 0 spiro atoms. The van der Waals surface area contributed by atoms with Crippen LogP contribution < -0.4 is 10.6 Å². The predicted molar refractivity (Wildman–Crippen MR) is 46.9 cm³/mol. The number of nitrogens with zero attached hydrogens (tertiary/aromatic N) is 2. The van der Waals surface area contributed by atoms with Crippen molar-refractivity contribution in [2.75, 3.05) is 18.0 Å². The number of rotatable bonds is 1. The average molecular weight is 169 g/mol. The number of thiazole rings is 1. The third-order valence-corrected chi connectivity index (χ3v) is 2.75. The molecule has 1 aromatic heterocycles. The van der Waals surface area contributed by atoms with Crippen molar-refractivity contribution in [1.82, 2.24) is 4.98 Å². The Kier molecular flexibility index (Phi) is 1.79. The molecule has 1 saturated heterocycles. The van der Waals surface area contributed by atoms with Crippen LogP contribution >= 0.6 is 11.3 Å². The quantitative estimate of drug-likeness (QED) is 0.672. The highest BCUT2D eigenvalue weighted by molar-refractivity contribution is 7.13. The van der Waals surface area contributed by atoms with Gasteiger partial charge in [0.05, 0.1) is 0 Å². The third kappa shape index (κ3) is 1.36. The second-order valence-electron chi connectivity index (χ2n) is 2.81. The van der Waals surface area contributed by atoms with E-state index in [2.05, 4.69) is 9.88 Å². The van der Waals surface area contributed by atoms with Gasteiger partial charge < -0.3 is 10.6 Å². The molecule has 1 aromatic rings. The summed E-state index contributed by atoms with van der Waals surface area (Å²) in [5.41, 5.74) is 5.77. The monoisotopic (exact) mass is 169 g/mol. The zero-order valence-electron chi connectivity index (χ0n) is 6.23. The number of aromatic nitrogens is 1. The van der Waals surface area contributed by atoms with Gasteiger partial charge in [0, 0.05) is 30.7 Å². The van der Waals surface area contributed by atoms with Crippen LogP contribution in [0.2, 0.25) is 0 Å². The van der Waals surface area contributed by atoms with Crippen LogP contribution in [0.3, 0.4) is 0 Å². The summed E-state index contributed by atoms with van der Waals surface area (Å²) in [5, 5.41) is 3.11. The Hall–Kier alpha value is -0.610. The van der Waals surface area contributed by atoms with Gasteiger partial charge in [-0.2, -0.15) is 0 Å². The van der Waals surface area contributed by atoms with Crippen LogP contribution in [0.25, 0.3) is 0 Å². The van der Waals surface area contributed by atoms with E-state index in [1.165, 1.54) is 0 Å². The first-order valence-corrected chi connectivity index (χ1v) is 4.64. The van der Waals surface area contributed by atoms with Crippen molar-refractivity contribution < 1.29 is 0 Å². The normalized spacial score (nSPS) is 24.5. The largest absolute Gasteiger partial charge is 0.346 e. The lowest BCUT2D eigenvalue weighted by molar-refractivity contribution is 0.752. The maximum absolute atomic E-state index is 5.77. The Morgan fingerprint density at radius 2 is 2.64 bits per heavy atom. The minimum Gasteiger partial charge on any atom is -0.346 e. The second-order valence-corrected chi connectivity index (χ2v) is 3.68. The van der Waals surface area contributed by atoms with Gasteiger partial charge in [-0.25, -0.2) is 4.98 Å². The highest BCUT2D eigenvalue weighted by Gasteiger charge is 2.20. The van der Waals surface area contributed by atoms with Crippen molar-refractivity contribution >= 4 is 16.5 Å². The molecule has 0 aromatic carbocycles. The summed E-state index contributed by atoms with van der Waals surface area (Å²) < 4.78 is 0. The van der Waals surface area contributed by atoms with Gasteiger partial charge in [-0.3, -0.25) is 0 Å². The van der Waals surface area contributed by atoms with E-state index in [9.17, 15) is 0 Å². The summed E-state index contributed by atoms with van der Waals surface area (Å²) in [5.74, 6) is 0. The molecule has 60 valence electrons. The van der Waals surface area contributed by atoms with Crippen LogP contribution in [0.15, 0.2) is 11.6 Å². The molecular formula is C7H11N3S. The number of hydrogen-bond donors (Lipinski definition) is 1. The summed E-state index contributed by atoms with van der Waals surface area (Å²) in [6, 6.07) is 0.346. The van der Waals surface area contributed by atoms with Crippen LogP contribution in [-0.2, 0) is 0 Å². The first kappa shape index (κ1) is 7.06. The molecule has 2 N–H and O–H groups in total.